The Morgan fingerprint density at radius 2 is 1.17 bits per heavy atom. The monoisotopic (exact) mass is 428 g/mol. The number of hydrogen-bond donors (Lipinski definition) is 0. The van der Waals surface area contributed by atoms with Gasteiger partial charge in [-0.15, -0.1) is 0 Å². The van der Waals surface area contributed by atoms with Crippen molar-refractivity contribution in [3.05, 3.63) is 84.4 Å². The number of benzene rings is 1. The van der Waals surface area contributed by atoms with E-state index in [-0.39, 0.29) is 4.17 Å². The fourth-order valence-corrected chi connectivity index (χ4v) is 4.00. The minimum absolute atomic E-state index is 0.226. The largest absolute Gasteiger partial charge is 0.335 e. The number of aromatic nitrogens is 2. The molecule has 0 unspecified atom stereocenters. The highest BCUT2D eigenvalue weighted by Crippen LogP contribution is 2.43. The van der Waals surface area contributed by atoms with Crippen LogP contribution in [0.3, 0.4) is 0 Å². The van der Waals surface area contributed by atoms with Gasteiger partial charge in [-0.25, -0.2) is 0 Å². The molecule has 0 amide bonds. The van der Waals surface area contributed by atoms with Crippen molar-refractivity contribution in [2.45, 2.75) is 17.3 Å². The van der Waals surface area contributed by atoms with Gasteiger partial charge in [0.1, 0.15) is 0 Å². The Balaban J connectivity index is 1.65. The minimum atomic E-state index is 0.226. The van der Waals surface area contributed by atoms with Crippen LogP contribution in [0.25, 0.3) is 0 Å². The van der Waals surface area contributed by atoms with E-state index in [9.17, 15) is 0 Å². The number of hydrogen-bond acceptors (Lipinski definition) is 4. The van der Waals surface area contributed by atoms with Crippen LogP contribution in [0, 0.1) is 0 Å². The quantitative estimate of drug-likeness (QED) is 0.354. The van der Waals surface area contributed by atoms with Gasteiger partial charge in [0, 0.05) is 12.4 Å². The van der Waals surface area contributed by atoms with Gasteiger partial charge in [0.05, 0.1) is 35.9 Å². The molecule has 0 saturated heterocycles. The maximum atomic E-state index is 4.48. The fourth-order valence-electron chi connectivity index (χ4n) is 3.00. The lowest BCUT2D eigenvalue weighted by Gasteiger charge is -2.28. The van der Waals surface area contributed by atoms with Gasteiger partial charge in [-0.2, -0.15) is 0 Å². The number of fused-ring (bicyclic) bond motifs is 1. The molecule has 1 aliphatic heterocycles. The average Bonchev–Trinajstić information content (AvgIpc) is 2.90. The number of nitrogens with zero attached hydrogens (tertiary/aromatic N) is 4. The first-order valence-corrected chi connectivity index (χ1v) is 9.14. The molecule has 0 spiro atoms. The van der Waals surface area contributed by atoms with Crippen molar-refractivity contribution in [2.24, 2.45) is 0 Å². The first kappa shape index (κ1) is 15.4. The molecule has 0 fully saturated rings. The number of anilines is 2. The van der Waals surface area contributed by atoms with E-state index >= 15 is 0 Å². The lowest BCUT2D eigenvalue weighted by Crippen LogP contribution is -2.38. The summed E-state index contributed by atoms with van der Waals surface area (Å²) in [5.41, 5.74) is 4.65. The summed E-state index contributed by atoms with van der Waals surface area (Å²) >= 11 is 2.50. The Labute approximate surface area is 155 Å². The highest BCUT2D eigenvalue weighted by molar-refractivity contribution is 14.1. The van der Waals surface area contributed by atoms with Crippen LogP contribution < -0.4 is 9.80 Å². The summed E-state index contributed by atoms with van der Waals surface area (Å²) in [5, 5.41) is 0. The topological polar surface area (TPSA) is 32.3 Å². The lowest BCUT2D eigenvalue weighted by atomic mass is 10.2. The number of para-hydroxylation sites is 2. The van der Waals surface area contributed by atoms with Crippen LogP contribution in [0.4, 0.5) is 11.4 Å². The molecule has 0 atom stereocenters. The van der Waals surface area contributed by atoms with Crippen molar-refractivity contribution in [3.63, 3.8) is 0 Å². The van der Waals surface area contributed by atoms with Crippen molar-refractivity contribution in [2.75, 3.05) is 9.80 Å². The van der Waals surface area contributed by atoms with Crippen molar-refractivity contribution in [3.8, 4) is 0 Å². The molecule has 1 aromatic carbocycles. The second kappa shape index (κ2) is 6.76. The SMILES string of the molecule is IC1N(Cc2ccccn2)c2ccccc2N1Cc1ccccn1. The molecule has 2 aromatic heterocycles. The van der Waals surface area contributed by atoms with E-state index in [1.54, 1.807) is 0 Å². The number of alkyl halides is 1. The van der Waals surface area contributed by atoms with E-state index in [0.717, 1.165) is 24.5 Å². The summed E-state index contributed by atoms with van der Waals surface area (Å²) in [6.45, 7) is 1.59. The molecule has 1 aliphatic rings. The predicted octanol–water partition coefficient (Wildman–Crippen LogP) is 4.22. The fraction of sp³-hybridized carbons (Fsp3) is 0.158. The van der Waals surface area contributed by atoms with Crippen molar-refractivity contribution >= 4 is 34.0 Å². The first-order chi connectivity index (χ1) is 11.8. The second-order valence-corrected chi connectivity index (χ2v) is 6.81. The van der Waals surface area contributed by atoms with Gasteiger partial charge in [-0.3, -0.25) is 9.97 Å². The molecule has 0 N–H and O–H groups in total. The van der Waals surface area contributed by atoms with Crippen LogP contribution in [0.15, 0.2) is 73.1 Å². The van der Waals surface area contributed by atoms with Gasteiger partial charge >= 0.3 is 0 Å². The molecule has 3 aromatic rings. The van der Waals surface area contributed by atoms with Gasteiger partial charge in [-0.05, 0) is 59.0 Å². The summed E-state index contributed by atoms with van der Waals surface area (Å²) in [6, 6.07) is 20.7. The standard InChI is InChI=1S/C19H17IN4/c20-19-23(13-15-7-3-5-11-21-15)17-9-1-2-10-18(17)24(19)14-16-8-4-6-12-22-16/h1-12,19H,13-14H2. The summed E-state index contributed by atoms with van der Waals surface area (Å²) in [5.74, 6) is 0. The average molecular weight is 428 g/mol. The zero-order chi connectivity index (χ0) is 16.4. The maximum Gasteiger partial charge on any atom is 0.156 e. The molecule has 4 nitrogen and oxygen atoms in total. The minimum Gasteiger partial charge on any atom is -0.335 e. The zero-order valence-corrected chi connectivity index (χ0v) is 15.2. The molecule has 0 saturated carbocycles. The summed E-state index contributed by atoms with van der Waals surface area (Å²) in [6.07, 6.45) is 3.70. The molecule has 5 heteroatoms. The molecule has 0 radical (unpaired) electrons. The highest BCUT2D eigenvalue weighted by atomic mass is 127. The first-order valence-electron chi connectivity index (χ1n) is 7.89. The Kier molecular flexibility index (Phi) is 4.34. The molecule has 0 aliphatic carbocycles. The Morgan fingerprint density at radius 3 is 1.58 bits per heavy atom. The van der Waals surface area contributed by atoms with E-state index in [1.165, 1.54) is 11.4 Å². The third-order valence-corrected chi connectivity index (χ3v) is 5.48. The highest BCUT2D eigenvalue weighted by Gasteiger charge is 2.34. The van der Waals surface area contributed by atoms with Gasteiger partial charge in [0.15, 0.2) is 4.17 Å². The van der Waals surface area contributed by atoms with Crippen LogP contribution in [-0.4, -0.2) is 14.1 Å². The van der Waals surface area contributed by atoms with Gasteiger partial charge < -0.3 is 9.80 Å². The Bertz CT molecular complexity index is 741. The van der Waals surface area contributed by atoms with Crippen LogP contribution in [-0.2, 0) is 13.1 Å². The second-order valence-electron chi connectivity index (χ2n) is 5.70. The predicted molar refractivity (Wildman–Crippen MR) is 105 cm³/mol. The van der Waals surface area contributed by atoms with Gasteiger partial charge in [0.2, 0.25) is 0 Å². The zero-order valence-electron chi connectivity index (χ0n) is 13.1. The Hall–Kier alpha value is -2.15. The third kappa shape index (κ3) is 2.96. The summed E-state index contributed by atoms with van der Waals surface area (Å²) in [4.78, 5) is 13.7. The van der Waals surface area contributed by atoms with Crippen molar-refractivity contribution in [1.29, 1.82) is 0 Å². The normalized spacial score (nSPS) is 14.0. The molecule has 3 heterocycles. The van der Waals surface area contributed by atoms with Crippen molar-refractivity contribution < 1.29 is 0 Å². The van der Waals surface area contributed by atoms with E-state index < -0.39 is 0 Å². The molecule has 24 heavy (non-hydrogen) atoms. The molecular formula is C19H17IN4. The van der Waals surface area contributed by atoms with Crippen LogP contribution >= 0.6 is 22.6 Å². The summed E-state index contributed by atoms with van der Waals surface area (Å²) < 4.78 is 0.226. The number of rotatable bonds is 4. The van der Waals surface area contributed by atoms with Gasteiger partial charge in [0.25, 0.3) is 0 Å². The number of halogens is 1. The molecule has 4 rings (SSSR count). The van der Waals surface area contributed by atoms with Crippen molar-refractivity contribution in [1.82, 2.24) is 9.97 Å². The maximum absolute atomic E-state index is 4.48. The molecule has 0 bridgehead atoms. The van der Waals surface area contributed by atoms with E-state index in [0.29, 0.717) is 0 Å². The lowest BCUT2D eigenvalue weighted by molar-refractivity contribution is 0.725. The Morgan fingerprint density at radius 1 is 0.708 bits per heavy atom. The van der Waals surface area contributed by atoms with E-state index in [2.05, 4.69) is 78.8 Å². The van der Waals surface area contributed by atoms with E-state index in [1.807, 2.05) is 36.7 Å². The third-order valence-electron chi connectivity index (χ3n) is 4.13. The van der Waals surface area contributed by atoms with E-state index in [4.69, 9.17) is 0 Å². The smallest absolute Gasteiger partial charge is 0.156 e. The molecule has 120 valence electrons. The van der Waals surface area contributed by atoms with Crippen LogP contribution in [0.2, 0.25) is 0 Å². The van der Waals surface area contributed by atoms with Crippen LogP contribution in [0.5, 0.6) is 0 Å². The van der Waals surface area contributed by atoms with Crippen LogP contribution in [0.1, 0.15) is 11.4 Å². The number of pyridine rings is 2. The summed E-state index contributed by atoms with van der Waals surface area (Å²) in [7, 11) is 0. The van der Waals surface area contributed by atoms with Gasteiger partial charge in [-0.1, -0.05) is 24.3 Å². The molecular weight excluding hydrogens is 411 g/mol.